The van der Waals surface area contributed by atoms with Crippen LogP contribution in [0.4, 0.5) is 16.5 Å². The fraction of sp³-hybridized carbons (Fsp3) is 0.357. The molecular weight excluding hydrogens is 350 g/mol. The van der Waals surface area contributed by atoms with Crippen molar-refractivity contribution < 1.29 is 13.2 Å². The van der Waals surface area contributed by atoms with Crippen LogP contribution in [0.15, 0.2) is 28.6 Å². The largest absolute Gasteiger partial charge is 0.371 e. The van der Waals surface area contributed by atoms with Gasteiger partial charge in [0.05, 0.1) is 5.69 Å². The molecule has 2 aromatic rings. The molecule has 0 aliphatic carbocycles. The Kier molecular flexibility index (Phi) is 4.67. The van der Waals surface area contributed by atoms with E-state index < -0.39 is 10.0 Å². The van der Waals surface area contributed by atoms with E-state index in [4.69, 9.17) is 0 Å². The molecular formula is C14H17N5O3S2. The molecule has 0 bridgehead atoms. The molecule has 3 rings (SSSR count). The third-order valence-electron chi connectivity index (χ3n) is 3.49. The van der Waals surface area contributed by atoms with Gasteiger partial charge in [0.2, 0.25) is 11.0 Å². The average Bonchev–Trinajstić information content (AvgIpc) is 3.17. The molecule has 2 N–H and O–H groups in total. The molecule has 0 atom stereocenters. The second-order valence-electron chi connectivity index (χ2n) is 5.40. The maximum Gasteiger partial charge on any atom is 0.291 e. The zero-order valence-corrected chi connectivity index (χ0v) is 14.7. The molecule has 128 valence electrons. The lowest BCUT2D eigenvalue weighted by molar-refractivity contribution is -0.114. The van der Waals surface area contributed by atoms with Gasteiger partial charge in [0, 0.05) is 25.7 Å². The van der Waals surface area contributed by atoms with Gasteiger partial charge >= 0.3 is 0 Å². The van der Waals surface area contributed by atoms with Crippen molar-refractivity contribution in [3.63, 3.8) is 0 Å². The highest BCUT2D eigenvalue weighted by atomic mass is 32.2. The summed E-state index contributed by atoms with van der Waals surface area (Å²) in [5, 5.41) is 9.85. The normalized spacial score (nSPS) is 14.6. The van der Waals surface area contributed by atoms with E-state index in [0.717, 1.165) is 43.0 Å². The number of hydrogen-bond acceptors (Lipinski definition) is 7. The minimum Gasteiger partial charge on any atom is -0.371 e. The average molecular weight is 367 g/mol. The quantitative estimate of drug-likeness (QED) is 0.782. The van der Waals surface area contributed by atoms with Gasteiger partial charge in [-0.25, -0.2) is 0 Å². The number of benzene rings is 1. The van der Waals surface area contributed by atoms with Crippen molar-refractivity contribution in [2.24, 2.45) is 0 Å². The monoisotopic (exact) mass is 367 g/mol. The number of carbonyl (C=O) groups is 1. The summed E-state index contributed by atoms with van der Waals surface area (Å²) in [6.07, 6.45) is 2.29. The van der Waals surface area contributed by atoms with Crippen molar-refractivity contribution in [3.05, 3.63) is 24.3 Å². The molecule has 1 aliphatic rings. The second-order valence-corrected chi connectivity index (χ2v) is 8.24. The Balaban J connectivity index is 1.77. The van der Waals surface area contributed by atoms with E-state index in [1.807, 2.05) is 12.1 Å². The van der Waals surface area contributed by atoms with E-state index in [1.54, 1.807) is 12.1 Å². The number of nitrogens with one attached hydrogen (secondary N) is 2. The first-order valence-electron chi connectivity index (χ1n) is 7.43. The van der Waals surface area contributed by atoms with E-state index in [-0.39, 0.29) is 15.4 Å². The standard InChI is InChI=1S/C14H17N5O3S2/c1-10(20)15-13-16-17-14(23-13)24(21,22)18-11-5-4-6-12(9-11)19-7-2-3-8-19/h4-6,9,18H,2-3,7-8H2,1H3,(H,15,16,20). The molecule has 0 saturated carbocycles. The Morgan fingerprint density at radius 3 is 2.71 bits per heavy atom. The lowest BCUT2D eigenvalue weighted by atomic mass is 10.2. The minimum atomic E-state index is -3.84. The van der Waals surface area contributed by atoms with E-state index in [0.29, 0.717) is 5.69 Å². The van der Waals surface area contributed by atoms with Crippen molar-refractivity contribution in [2.45, 2.75) is 24.1 Å². The van der Waals surface area contributed by atoms with Crippen molar-refractivity contribution in [2.75, 3.05) is 28.0 Å². The SMILES string of the molecule is CC(=O)Nc1nnc(S(=O)(=O)Nc2cccc(N3CCCC3)c2)s1. The van der Waals surface area contributed by atoms with Crippen LogP contribution in [0.25, 0.3) is 0 Å². The predicted molar refractivity (Wildman–Crippen MR) is 92.9 cm³/mol. The molecule has 1 aromatic carbocycles. The minimum absolute atomic E-state index is 0.147. The van der Waals surface area contributed by atoms with Gasteiger partial charge in [0.1, 0.15) is 0 Å². The Hall–Kier alpha value is -2.20. The van der Waals surface area contributed by atoms with Gasteiger partial charge < -0.3 is 10.2 Å². The fourth-order valence-electron chi connectivity index (χ4n) is 2.46. The summed E-state index contributed by atoms with van der Waals surface area (Å²) in [5.74, 6) is -0.332. The highest BCUT2D eigenvalue weighted by Gasteiger charge is 2.21. The maximum absolute atomic E-state index is 12.4. The van der Waals surface area contributed by atoms with E-state index in [9.17, 15) is 13.2 Å². The number of aromatic nitrogens is 2. The highest BCUT2D eigenvalue weighted by Crippen LogP contribution is 2.26. The van der Waals surface area contributed by atoms with Crippen molar-refractivity contribution >= 4 is 43.8 Å². The number of hydrogen-bond donors (Lipinski definition) is 2. The topological polar surface area (TPSA) is 104 Å². The predicted octanol–water partition coefficient (Wildman–Crippen LogP) is 1.90. The molecule has 2 heterocycles. The van der Waals surface area contributed by atoms with Gasteiger partial charge in [-0.3, -0.25) is 9.52 Å². The Labute approximate surface area is 144 Å². The molecule has 1 amide bonds. The van der Waals surface area contributed by atoms with Crippen LogP contribution in [-0.4, -0.2) is 37.6 Å². The number of sulfonamides is 1. The fourth-order valence-corrected chi connectivity index (χ4v) is 4.46. The van der Waals surface area contributed by atoms with Crippen molar-refractivity contribution in [1.29, 1.82) is 0 Å². The summed E-state index contributed by atoms with van der Waals surface area (Å²) >= 11 is 0.802. The van der Waals surface area contributed by atoms with Gasteiger partial charge in [-0.15, -0.1) is 10.2 Å². The number of amides is 1. The van der Waals surface area contributed by atoms with Crippen LogP contribution in [0.2, 0.25) is 0 Å². The molecule has 1 saturated heterocycles. The summed E-state index contributed by atoms with van der Waals surface area (Å²) in [6.45, 7) is 3.27. The highest BCUT2D eigenvalue weighted by molar-refractivity contribution is 7.94. The van der Waals surface area contributed by atoms with Crippen LogP contribution in [0.1, 0.15) is 19.8 Å². The maximum atomic E-state index is 12.4. The lowest BCUT2D eigenvalue weighted by Gasteiger charge is -2.18. The third-order valence-corrected chi connectivity index (χ3v) is 6.08. The molecule has 0 spiro atoms. The molecule has 0 unspecified atom stereocenters. The molecule has 24 heavy (non-hydrogen) atoms. The molecule has 1 aromatic heterocycles. The van der Waals surface area contributed by atoms with Crippen molar-refractivity contribution in [3.8, 4) is 0 Å². The summed E-state index contributed by atoms with van der Waals surface area (Å²) in [7, 11) is -3.84. The van der Waals surface area contributed by atoms with Crippen LogP contribution in [0.5, 0.6) is 0 Å². The van der Waals surface area contributed by atoms with Crippen LogP contribution in [0.3, 0.4) is 0 Å². The molecule has 8 nitrogen and oxygen atoms in total. The first kappa shape index (κ1) is 16.7. The van der Waals surface area contributed by atoms with Crippen molar-refractivity contribution in [1.82, 2.24) is 10.2 Å². The first-order valence-corrected chi connectivity index (χ1v) is 9.73. The second kappa shape index (κ2) is 6.73. The number of rotatable bonds is 5. The number of anilines is 3. The van der Waals surface area contributed by atoms with Gasteiger partial charge in [-0.05, 0) is 31.0 Å². The molecule has 10 heteroatoms. The zero-order valence-electron chi connectivity index (χ0n) is 13.0. The molecule has 0 radical (unpaired) electrons. The summed E-state index contributed by atoms with van der Waals surface area (Å²) in [4.78, 5) is 13.2. The summed E-state index contributed by atoms with van der Waals surface area (Å²) in [5.41, 5.74) is 1.46. The number of nitrogens with zero attached hydrogens (tertiary/aromatic N) is 3. The van der Waals surface area contributed by atoms with Gasteiger partial charge in [0.25, 0.3) is 14.4 Å². The zero-order chi connectivity index (χ0) is 17.2. The van der Waals surface area contributed by atoms with Gasteiger partial charge in [0.15, 0.2) is 0 Å². The molecule has 1 fully saturated rings. The third kappa shape index (κ3) is 3.82. The van der Waals surface area contributed by atoms with Gasteiger partial charge in [-0.2, -0.15) is 8.42 Å². The van der Waals surface area contributed by atoms with Crippen LogP contribution >= 0.6 is 11.3 Å². The first-order chi connectivity index (χ1) is 11.4. The molecule has 1 aliphatic heterocycles. The van der Waals surface area contributed by atoms with Crippen LogP contribution in [0, 0.1) is 0 Å². The smallest absolute Gasteiger partial charge is 0.291 e. The Bertz CT molecular complexity index is 844. The summed E-state index contributed by atoms with van der Waals surface area (Å²) < 4.78 is 27.1. The van der Waals surface area contributed by atoms with E-state index in [2.05, 4.69) is 25.1 Å². The van der Waals surface area contributed by atoms with Gasteiger partial charge in [-0.1, -0.05) is 17.4 Å². The Morgan fingerprint density at radius 1 is 1.25 bits per heavy atom. The van der Waals surface area contributed by atoms with Crippen LogP contribution < -0.4 is 14.9 Å². The van der Waals surface area contributed by atoms with Crippen LogP contribution in [-0.2, 0) is 14.8 Å². The number of carbonyl (C=O) groups excluding carboxylic acids is 1. The lowest BCUT2D eigenvalue weighted by Crippen LogP contribution is -2.18. The Morgan fingerprint density at radius 2 is 2.00 bits per heavy atom. The van der Waals surface area contributed by atoms with E-state index in [1.165, 1.54) is 6.92 Å². The van der Waals surface area contributed by atoms with E-state index >= 15 is 0 Å². The summed E-state index contributed by atoms with van der Waals surface area (Å²) in [6, 6.07) is 7.27.